The van der Waals surface area contributed by atoms with E-state index in [9.17, 15) is 0 Å². The third kappa shape index (κ3) is 4.34. The average Bonchev–Trinajstić information content (AvgIpc) is 2.70. The zero-order chi connectivity index (χ0) is 17.8. The third-order valence-electron chi connectivity index (χ3n) is 4.96. The second kappa shape index (κ2) is 8.33. The van der Waals surface area contributed by atoms with Crippen molar-refractivity contribution in [3.63, 3.8) is 0 Å². The van der Waals surface area contributed by atoms with Gasteiger partial charge in [0.2, 0.25) is 0 Å². The first-order valence-electron chi connectivity index (χ1n) is 9.16. The van der Waals surface area contributed by atoms with Crippen molar-refractivity contribution in [2.45, 2.75) is 6.54 Å². The molecule has 0 aliphatic carbocycles. The summed E-state index contributed by atoms with van der Waals surface area (Å²) in [5, 5.41) is 8.90. The number of halogens is 1. The molecule has 2 aliphatic heterocycles. The Labute approximate surface area is 162 Å². The molecule has 4 rings (SSSR count). The van der Waals surface area contributed by atoms with Crippen LogP contribution in [0, 0.1) is 0 Å². The summed E-state index contributed by atoms with van der Waals surface area (Å²) < 4.78 is 6.54. The molecule has 0 unspecified atom stereocenters. The van der Waals surface area contributed by atoms with Crippen LogP contribution in [0.4, 0.5) is 11.6 Å². The molecular weight excluding hydrogens is 394 g/mol. The lowest BCUT2D eigenvalue weighted by Gasteiger charge is -2.35. The number of hydrogen-bond donors (Lipinski definition) is 0. The number of anilines is 2. The first-order chi connectivity index (χ1) is 12.8. The van der Waals surface area contributed by atoms with E-state index in [1.165, 1.54) is 5.56 Å². The van der Waals surface area contributed by atoms with E-state index in [4.69, 9.17) is 4.74 Å². The highest BCUT2D eigenvalue weighted by atomic mass is 79.9. The molecule has 26 heavy (non-hydrogen) atoms. The fourth-order valence-corrected chi connectivity index (χ4v) is 3.92. The number of rotatable bonds is 4. The third-order valence-corrected chi connectivity index (χ3v) is 5.46. The van der Waals surface area contributed by atoms with Crippen LogP contribution in [0.3, 0.4) is 0 Å². The number of nitrogens with zero attached hydrogens (tertiary/aromatic N) is 5. The van der Waals surface area contributed by atoms with Crippen LogP contribution in [0.2, 0.25) is 0 Å². The van der Waals surface area contributed by atoms with Gasteiger partial charge in [-0.05, 0) is 29.8 Å². The minimum atomic E-state index is 0.767. The maximum Gasteiger partial charge on any atom is 0.151 e. The molecule has 2 aliphatic rings. The van der Waals surface area contributed by atoms with Crippen LogP contribution in [-0.2, 0) is 11.3 Å². The van der Waals surface area contributed by atoms with Gasteiger partial charge in [0, 0.05) is 50.3 Å². The summed E-state index contributed by atoms with van der Waals surface area (Å²) in [5.74, 6) is 1.93. The first-order valence-corrected chi connectivity index (χ1v) is 9.95. The Morgan fingerprint density at radius 2 is 1.50 bits per heavy atom. The Morgan fingerprint density at radius 3 is 2.12 bits per heavy atom. The number of aromatic nitrogens is 2. The predicted molar refractivity (Wildman–Crippen MR) is 107 cm³/mol. The summed E-state index contributed by atoms with van der Waals surface area (Å²) in [7, 11) is 0. The smallest absolute Gasteiger partial charge is 0.151 e. The topological polar surface area (TPSA) is 44.7 Å². The second-order valence-electron chi connectivity index (χ2n) is 6.74. The molecule has 0 saturated carbocycles. The zero-order valence-corrected chi connectivity index (χ0v) is 16.4. The summed E-state index contributed by atoms with van der Waals surface area (Å²) in [6.45, 7) is 8.37. The standard InChI is InChI=1S/C19H24BrN5O/c20-17-3-1-2-16(14-17)15-23-6-8-24(9-7-23)18-4-5-19(22-21-18)25-10-12-26-13-11-25/h1-5,14H,6-13,15H2. The van der Waals surface area contributed by atoms with Crippen LogP contribution in [0.15, 0.2) is 40.9 Å². The summed E-state index contributed by atoms with van der Waals surface area (Å²) in [6.07, 6.45) is 0. The van der Waals surface area contributed by atoms with E-state index in [1.54, 1.807) is 0 Å². The van der Waals surface area contributed by atoms with Crippen molar-refractivity contribution in [3.05, 3.63) is 46.4 Å². The van der Waals surface area contributed by atoms with Gasteiger partial charge in [-0.25, -0.2) is 0 Å². The molecule has 0 radical (unpaired) electrons. The number of benzene rings is 1. The molecule has 6 nitrogen and oxygen atoms in total. The average molecular weight is 418 g/mol. The number of morpholine rings is 1. The summed E-state index contributed by atoms with van der Waals surface area (Å²) in [4.78, 5) is 7.05. The maximum atomic E-state index is 5.39. The highest BCUT2D eigenvalue weighted by molar-refractivity contribution is 9.10. The lowest BCUT2D eigenvalue weighted by molar-refractivity contribution is 0.122. The fraction of sp³-hybridized carbons (Fsp3) is 0.474. The highest BCUT2D eigenvalue weighted by Gasteiger charge is 2.19. The maximum absolute atomic E-state index is 5.39. The van der Waals surface area contributed by atoms with Crippen molar-refractivity contribution < 1.29 is 4.74 Å². The Kier molecular flexibility index (Phi) is 5.67. The van der Waals surface area contributed by atoms with Gasteiger partial charge in [-0.1, -0.05) is 28.1 Å². The van der Waals surface area contributed by atoms with Gasteiger partial charge in [-0.15, -0.1) is 10.2 Å². The van der Waals surface area contributed by atoms with Crippen LogP contribution in [0.25, 0.3) is 0 Å². The second-order valence-corrected chi connectivity index (χ2v) is 7.66. The zero-order valence-electron chi connectivity index (χ0n) is 14.9. The van der Waals surface area contributed by atoms with Gasteiger partial charge in [0.25, 0.3) is 0 Å². The number of ether oxygens (including phenoxy) is 1. The fourth-order valence-electron chi connectivity index (χ4n) is 3.48. The van der Waals surface area contributed by atoms with Gasteiger partial charge in [-0.2, -0.15) is 0 Å². The van der Waals surface area contributed by atoms with Gasteiger partial charge in [0.1, 0.15) is 0 Å². The molecule has 138 valence electrons. The molecule has 2 aromatic rings. The van der Waals surface area contributed by atoms with E-state index in [2.05, 4.69) is 77.2 Å². The molecule has 2 saturated heterocycles. The molecule has 0 N–H and O–H groups in total. The molecule has 1 aromatic carbocycles. The van der Waals surface area contributed by atoms with Crippen LogP contribution in [0.5, 0.6) is 0 Å². The molecule has 0 spiro atoms. The van der Waals surface area contributed by atoms with E-state index in [0.29, 0.717) is 0 Å². The van der Waals surface area contributed by atoms with Gasteiger partial charge in [0.15, 0.2) is 11.6 Å². The predicted octanol–water partition coefficient (Wildman–Crippen LogP) is 2.40. The van der Waals surface area contributed by atoms with E-state index in [0.717, 1.165) is 75.1 Å². The number of piperazine rings is 1. The van der Waals surface area contributed by atoms with E-state index in [1.807, 2.05) is 0 Å². The summed E-state index contributed by atoms with van der Waals surface area (Å²) in [6, 6.07) is 12.7. The van der Waals surface area contributed by atoms with Crippen molar-refractivity contribution in [2.75, 3.05) is 62.3 Å². The first kappa shape index (κ1) is 17.7. The van der Waals surface area contributed by atoms with Crippen molar-refractivity contribution in [2.24, 2.45) is 0 Å². The van der Waals surface area contributed by atoms with Crippen LogP contribution in [0.1, 0.15) is 5.56 Å². The highest BCUT2D eigenvalue weighted by Crippen LogP contribution is 2.19. The Morgan fingerprint density at radius 1 is 0.846 bits per heavy atom. The summed E-state index contributed by atoms with van der Waals surface area (Å²) in [5.41, 5.74) is 1.35. The minimum absolute atomic E-state index is 0.767. The Hall–Kier alpha value is -1.70. The van der Waals surface area contributed by atoms with Crippen LogP contribution < -0.4 is 9.80 Å². The molecule has 0 bridgehead atoms. The Bertz CT molecular complexity index is 712. The minimum Gasteiger partial charge on any atom is -0.378 e. The summed E-state index contributed by atoms with van der Waals surface area (Å²) >= 11 is 3.55. The van der Waals surface area contributed by atoms with Crippen molar-refractivity contribution >= 4 is 27.6 Å². The molecule has 7 heteroatoms. The van der Waals surface area contributed by atoms with E-state index < -0.39 is 0 Å². The van der Waals surface area contributed by atoms with Crippen molar-refractivity contribution in [1.82, 2.24) is 15.1 Å². The molecule has 0 amide bonds. The monoisotopic (exact) mass is 417 g/mol. The molecule has 2 fully saturated rings. The van der Waals surface area contributed by atoms with Crippen LogP contribution in [-0.4, -0.2) is 67.6 Å². The van der Waals surface area contributed by atoms with Crippen molar-refractivity contribution in [1.29, 1.82) is 0 Å². The van der Waals surface area contributed by atoms with Gasteiger partial charge < -0.3 is 14.5 Å². The van der Waals surface area contributed by atoms with E-state index in [-0.39, 0.29) is 0 Å². The lowest BCUT2D eigenvalue weighted by Crippen LogP contribution is -2.46. The van der Waals surface area contributed by atoms with Gasteiger partial charge >= 0.3 is 0 Å². The number of hydrogen-bond acceptors (Lipinski definition) is 6. The normalized spacial score (nSPS) is 19.0. The Balaban J connectivity index is 1.31. The van der Waals surface area contributed by atoms with E-state index >= 15 is 0 Å². The molecule has 0 atom stereocenters. The van der Waals surface area contributed by atoms with Crippen molar-refractivity contribution in [3.8, 4) is 0 Å². The SMILES string of the molecule is Brc1cccc(CN2CCN(c3ccc(N4CCOCC4)nn3)CC2)c1. The largest absolute Gasteiger partial charge is 0.378 e. The molecule has 3 heterocycles. The van der Waals surface area contributed by atoms with Gasteiger partial charge in [0.05, 0.1) is 13.2 Å². The van der Waals surface area contributed by atoms with Gasteiger partial charge in [-0.3, -0.25) is 4.90 Å². The molecular formula is C19H24BrN5O. The lowest BCUT2D eigenvalue weighted by atomic mass is 10.2. The van der Waals surface area contributed by atoms with Crippen LogP contribution >= 0.6 is 15.9 Å². The quantitative estimate of drug-likeness (QED) is 0.760. The molecule has 1 aromatic heterocycles.